The number of nitrogens with zero attached hydrogens (tertiary/aromatic N) is 1. The van der Waals surface area contributed by atoms with Crippen LogP contribution in [0.2, 0.25) is 0 Å². The van der Waals surface area contributed by atoms with Crippen LogP contribution in [0.3, 0.4) is 0 Å². The van der Waals surface area contributed by atoms with E-state index in [-0.39, 0.29) is 12.5 Å². The molecule has 15 heavy (non-hydrogen) atoms. The van der Waals surface area contributed by atoms with Crippen molar-refractivity contribution in [3.8, 4) is 0 Å². The van der Waals surface area contributed by atoms with Crippen molar-refractivity contribution in [2.45, 2.75) is 6.54 Å². The number of rotatable bonds is 3. The molecule has 1 rings (SSSR count). The van der Waals surface area contributed by atoms with Crippen molar-refractivity contribution in [3.05, 3.63) is 29.8 Å². The van der Waals surface area contributed by atoms with Crippen LogP contribution in [0.1, 0.15) is 5.56 Å². The predicted octanol–water partition coefficient (Wildman–Crippen LogP) is 0.359. The van der Waals surface area contributed by atoms with Crippen molar-refractivity contribution in [3.63, 3.8) is 0 Å². The van der Waals surface area contributed by atoms with Crippen molar-refractivity contribution in [2.24, 2.45) is 16.5 Å². The van der Waals surface area contributed by atoms with E-state index in [2.05, 4.69) is 10.3 Å². The largest absolute Gasteiger partial charge is 0.465 e. The van der Waals surface area contributed by atoms with Gasteiger partial charge in [-0.05, 0) is 17.7 Å². The Kier molecular flexibility index (Phi) is 3.50. The molecule has 0 atom stereocenters. The molecule has 0 spiro atoms. The lowest BCUT2D eigenvalue weighted by Gasteiger charge is -2.02. The molecular formula is C9H12N4O2. The summed E-state index contributed by atoms with van der Waals surface area (Å²) >= 11 is 0. The molecule has 0 saturated heterocycles. The minimum atomic E-state index is -1.07. The fourth-order valence-corrected chi connectivity index (χ4v) is 1.06. The van der Waals surface area contributed by atoms with Crippen LogP contribution in [0.5, 0.6) is 0 Å². The van der Waals surface area contributed by atoms with E-state index in [4.69, 9.17) is 16.6 Å². The van der Waals surface area contributed by atoms with Gasteiger partial charge in [0.25, 0.3) is 0 Å². The molecule has 1 amide bonds. The van der Waals surface area contributed by atoms with Crippen molar-refractivity contribution in [1.29, 1.82) is 0 Å². The van der Waals surface area contributed by atoms with Gasteiger partial charge in [-0.1, -0.05) is 12.1 Å². The maximum Gasteiger partial charge on any atom is 0.404 e. The van der Waals surface area contributed by atoms with Crippen molar-refractivity contribution < 1.29 is 9.90 Å². The highest BCUT2D eigenvalue weighted by atomic mass is 16.4. The maximum atomic E-state index is 10.3. The quantitative estimate of drug-likeness (QED) is 0.424. The van der Waals surface area contributed by atoms with Gasteiger partial charge in [0.1, 0.15) is 0 Å². The van der Waals surface area contributed by atoms with Crippen LogP contribution in [0, 0.1) is 0 Å². The predicted molar refractivity (Wildman–Crippen MR) is 56.8 cm³/mol. The number of hydrogen-bond donors (Lipinski definition) is 4. The standard InChI is InChI=1S/C9H12N4O2/c10-8(11)13-7-3-1-2-6(4-7)5-12-9(14)15/h1-4,12H,5H2,(H,14,15)(H4,10,11,13). The summed E-state index contributed by atoms with van der Waals surface area (Å²) in [5.74, 6) is -0.0293. The van der Waals surface area contributed by atoms with Gasteiger partial charge in [0.15, 0.2) is 5.96 Å². The lowest BCUT2D eigenvalue weighted by Crippen LogP contribution is -2.22. The molecule has 6 N–H and O–H groups in total. The first kappa shape index (κ1) is 10.8. The van der Waals surface area contributed by atoms with Crippen LogP contribution in [0.4, 0.5) is 10.5 Å². The second-order valence-corrected chi connectivity index (χ2v) is 2.87. The van der Waals surface area contributed by atoms with Crippen LogP contribution in [0.15, 0.2) is 29.3 Å². The molecule has 0 aliphatic heterocycles. The number of carboxylic acid groups (broad SMARTS) is 1. The first-order chi connectivity index (χ1) is 7.08. The second kappa shape index (κ2) is 4.85. The van der Waals surface area contributed by atoms with Crippen molar-refractivity contribution in [2.75, 3.05) is 0 Å². The van der Waals surface area contributed by atoms with Gasteiger partial charge in [-0.15, -0.1) is 0 Å². The molecule has 0 heterocycles. The van der Waals surface area contributed by atoms with Gasteiger partial charge in [-0.3, -0.25) is 0 Å². The Bertz CT molecular complexity index is 385. The lowest BCUT2D eigenvalue weighted by atomic mass is 10.2. The average Bonchev–Trinajstić information content (AvgIpc) is 2.14. The minimum absolute atomic E-state index is 0.0293. The summed E-state index contributed by atoms with van der Waals surface area (Å²) in [6.07, 6.45) is -1.07. The topological polar surface area (TPSA) is 114 Å². The molecule has 1 aromatic rings. The van der Waals surface area contributed by atoms with Crippen LogP contribution < -0.4 is 16.8 Å². The number of nitrogens with one attached hydrogen (secondary N) is 1. The normalized spacial score (nSPS) is 9.33. The molecule has 0 fully saturated rings. The first-order valence-corrected chi connectivity index (χ1v) is 4.23. The summed E-state index contributed by atoms with van der Waals surface area (Å²) < 4.78 is 0. The SMILES string of the molecule is NC(N)=Nc1cccc(CNC(=O)O)c1. The van der Waals surface area contributed by atoms with Crippen LogP contribution >= 0.6 is 0 Å². The number of carbonyl (C=O) groups is 1. The third-order valence-corrected chi connectivity index (χ3v) is 1.61. The van der Waals surface area contributed by atoms with E-state index in [1.54, 1.807) is 24.3 Å². The molecule has 6 heteroatoms. The van der Waals surface area contributed by atoms with Gasteiger partial charge in [0, 0.05) is 6.54 Å². The third kappa shape index (κ3) is 3.99. The fraction of sp³-hybridized carbons (Fsp3) is 0.111. The zero-order valence-electron chi connectivity index (χ0n) is 7.97. The molecule has 0 aromatic heterocycles. The summed E-state index contributed by atoms with van der Waals surface area (Å²) in [6.45, 7) is 0.225. The van der Waals surface area contributed by atoms with E-state index in [1.807, 2.05) is 0 Å². The van der Waals surface area contributed by atoms with Crippen LogP contribution in [-0.4, -0.2) is 17.2 Å². The Morgan fingerprint density at radius 1 is 1.47 bits per heavy atom. The zero-order valence-corrected chi connectivity index (χ0v) is 7.97. The Labute approximate surface area is 86.6 Å². The fourth-order valence-electron chi connectivity index (χ4n) is 1.06. The van der Waals surface area contributed by atoms with Crippen LogP contribution in [0.25, 0.3) is 0 Å². The molecule has 6 nitrogen and oxygen atoms in total. The number of nitrogens with two attached hydrogens (primary N) is 2. The maximum absolute atomic E-state index is 10.3. The Hall–Kier alpha value is -2.24. The first-order valence-electron chi connectivity index (χ1n) is 4.23. The Morgan fingerprint density at radius 2 is 2.20 bits per heavy atom. The molecule has 80 valence electrons. The summed E-state index contributed by atoms with van der Waals surface area (Å²) in [6, 6.07) is 6.96. The van der Waals surface area contributed by atoms with E-state index in [1.165, 1.54) is 0 Å². The second-order valence-electron chi connectivity index (χ2n) is 2.87. The highest BCUT2D eigenvalue weighted by molar-refractivity contribution is 5.79. The molecule has 0 radical (unpaired) electrons. The highest BCUT2D eigenvalue weighted by Crippen LogP contribution is 2.13. The van der Waals surface area contributed by atoms with Crippen molar-refractivity contribution >= 4 is 17.7 Å². The monoisotopic (exact) mass is 208 g/mol. The number of amides is 1. The average molecular weight is 208 g/mol. The van der Waals surface area contributed by atoms with Gasteiger partial charge < -0.3 is 21.9 Å². The summed E-state index contributed by atoms with van der Waals surface area (Å²) in [7, 11) is 0. The summed E-state index contributed by atoms with van der Waals surface area (Å²) in [4.78, 5) is 14.1. The molecular weight excluding hydrogens is 196 g/mol. The molecule has 0 bridgehead atoms. The van der Waals surface area contributed by atoms with E-state index in [0.29, 0.717) is 5.69 Å². The summed E-state index contributed by atoms with van der Waals surface area (Å²) in [5.41, 5.74) is 11.8. The van der Waals surface area contributed by atoms with Gasteiger partial charge in [0.2, 0.25) is 0 Å². The molecule has 1 aromatic carbocycles. The smallest absolute Gasteiger partial charge is 0.404 e. The molecule has 0 aliphatic carbocycles. The molecule has 0 unspecified atom stereocenters. The van der Waals surface area contributed by atoms with E-state index in [9.17, 15) is 4.79 Å². The Morgan fingerprint density at radius 3 is 2.80 bits per heavy atom. The number of hydrogen-bond acceptors (Lipinski definition) is 2. The molecule has 0 saturated carbocycles. The number of benzene rings is 1. The van der Waals surface area contributed by atoms with E-state index >= 15 is 0 Å². The lowest BCUT2D eigenvalue weighted by molar-refractivity contribution is 0.194. The summed E-state index contributed by atoms with van der Waals surface area (Å²) in [5, 5.41) is 10.7. The minimum Gasteiger partial charge on any atom is -0.465 e. The van der Waals surface area contributed by atoms with Gasteiger partial charge in [-0.2, -0.15) is 0 Å². The van der Waals surface area contributed by atoms with Gasteiger partial charge >= 0.3 is 6.09 Å². The van der Waals surface area contributed by atoms with E-state index in [0.717, 1.165) is 5.56 Å². The van der Waals surface area contributed by atoms with Gasteiger partial charge in [0.05, 0.1) is 5.69 Å². The molecule has 0 aliphatic rings. The Balaban J connectivity index is 2.74. The number of guanidine groups is 1. The zero-order chi connectivity index (χ0) is 11.3. The van der Waals surface area contributed by atoms with Crippen LogP contribution in [-0.2, 0) is 6.54 Å². The van der Waals surface area contributed by atoms with Crippen molar-refractivity contribution in [1.82, 2.24) is 5.32 Å². The highest BCUT2D eigenvalue weighted by Gasteiger charge is 1.97. The van der Waals surface area contributed by atoms with E-state index < -0.39 is 6.09 Å². The van der Waals surface area contributed by atoms with Gasteiger partial charge in [-0.25, -0.2) is 9.79 Å². The number of aliphatic imine (C=N–C) groups is 1. The third-order valence-electron chi connectivity index (χ3n) is 1.61.